The van der Waals surface area contributed by atoms with Crippen molar-refractivity contribution < 1.29 is 4.74 Å². The molecule has 0 amide bonds. The van der Waals surface area contributed by atoms with E-state index in [2.05, 4.69) is 26.1 Å². The van der Waals surface area contributed by atoms with Gasteiger partial charge in [-0.25, -0.2) is 0 Å². The lowest BCUT2D eigenvalue weighted by Gasteiger charge is -2.20. The van der Waals surface area contributed by atoms with Crippen LogP contribution in [0.15, 0.2) is 24.3 Å². The maximum Gasteiger partial charge on any atom is 0.174 e. The molecule has 1 aromatic carbocycles. The molecule has 1 N–H and O–H groups in total. The molecule has 0 spiro atoms. The highest BCUT2D eigenvalue weighted by Crippen LogP contribution is 2.18. The number of para-hydroxylation sites is 1. The molecule has 0 bridgehead atoms. The van der Waals surface area contributed by atoms with Crippen molar-refractivity contribution >= 4 is 0 Å². The number of hydrogen-bond acceptors (Lipinski definition) is 3. The Balaban J connectivity index is 2.58. The smallest absolute Gasteiger partial charge is 0.174 e. The zero-order valence-electron chi connectivity index (χ0n) is 11.4. The molecule has 3 heteroatoms. The number of hydrogen-bond donors (Lipinski definition) is 1. The summed E-state index contributed by atoms with van der Waals surface area (Å²) in [6.45, 7) is 7.51. The second-order valence-corrected chi connectivity index (χ2v) is 4.61. The molecule has 2 atom stereocenters. The van der Waals surface area contributed by atoms with Crippen LogP contribution in [0.25, 0.3) is 0 Å². The van der Waals surface area contributed by atoms with E-state index < -0.39 is 0 Å². The SMILES string of the molecule is CCC(C)C(C)NCc1ccccc1OCC#N. The van der Waals surface area contributed by atoms with Gasteiger partial charge in [-0.1, -0.05) is 38.5 Å². The monoisotopic (exact) mass is 246 g/mol. The highest BCUT2D eigenvalue weighted by molar-refractivity contribution is 5.33. The van der Waals surface area contributed by atoms with Gasteiger partial charge in [0.1, 0.15) is 11.8 Å². The molecule has 98 valence electrons. The average Bonchev–Trinajstić information content (AvgIpc) is 2.42. The summed E-state index contributed by atoms with van der Waals surface area (Å²) in [5, 5.41) is 12.1. The Hall–Kier alpha value is -1.53. The van der Waals surface area contributed by atoms with Crippen LogP contribution in [0.5, 0.6) is 5.75 Å². The van der Waals surface area contributed by atoms with Crippen LogP contribution in [-0.2, 0) is 6.54 Å². The van der Waals surface area contributed by atoms with Crippen LogP contribution >= 0.6 is 0 Å². The summed E-state index contributed by atoms with van der Waals surface area (Å²) in [6.07, 6.45) is 1.17. The fourth-order valence-corrected chi connectivity index (χ4v) is 1.73. The minimum Gasteiger partial charge on any atom is -0.478 e. The van der Waals surface area contributed by atoms with Crippen molar-refractivity contribution in [3.63, 3.8) is 0 Å². The minimum atomic E-state index is 0.0952. The van der Waals surface area contributed by atoms with Gasteiger partial charge in [-0.2, -0.15) is 5.26 Å². The van der Waals surface area contributed by atoms with Crippen LogP contribution in [0.1, 0.15) is 32.8 Å². The molecule has 2 unspecified atom stereocenters. The summed E-state index contributed by atoms with van der Waals surface area (Å²) >= 11 is 0. The molecule has 0 aliphatic heterocycles. The van der Waals surface area contributed by atoms with Crippen molar-refractivity contribution in [2.45, 2.75) is 39.8 Å². The Kier molecular flexibility index (Phi) is 6.24. The first-order valence-electron chi connectivity index (χ1n) is 6.50. The molecular formula is C15H22N2O. The lowest BCUT2D eigenvalue weighted by Crippen LogP contribution is -2.31. The van der Waals surface area contributed by atoms with Gasteiger partial charge in [0.2, 0.25) is 0 Å². The van der Waals surface area contributed by atoms with E-state index in [1.807, 2.05) is 30.3 Å². The predicted molar refractivity (Wildman–Crippen MR) is 73.3 cm³/mol. The van der Waals surface area contributed by atoms with Gasteiger partial charge in [0.25, 0.3) is 0 Å². The van der Waals surface area contributed by atoms with Crippen molar-refractivity contribution in [3.05, 3.63) is 29.8 Å². The fraction of sp³-hybridized carbons (Fsp3) is 0.533. The third-order valence-electron chi connectivity index (χ3n) is 3.38. The lowest BCUT2D eigenvalue weighted by atomic mass is 10.0. The first kappa shape index (κ1) is 14.5. The summed E-state index contributed by atoms with van der Waals surface area (Å²) in [6, 6.07) is 10.3. The van der Waals surface area contributed by atoms with Crippen molar-refractivity contribution in [2.75, 3.05) is 6.61 Å². The summed E-state index contributed by atoms with van der Waals surface area (Å²) in [5.41, 5.74) is 1.10. The van der Waals surface area contributed by atoms with E-state index in [1.54, 1.807) is 0 Å². The Labute approximate surface area is 110 Å². The van der Waals surface area contributed by atoms with Gasteiger partial charge in [-0.05, 0) is 18.9 Å². The summed E-state index contributed by atoms with van der Waals surface area (Å²) in [4.78, 5) is 0. The lowest BCUT2D eigenvalue weighted by molar-refractivity contribution is 0.354. The van der Waals surface area contributed by atoms with E-state index in [-0.39, 0.29) is 6.61 Å². The number of nitriles is 1. The molecule has 0 radical (unpaired) electrons. The molecule has 0 saturated carbocycles. The van der Waals surface area contributed by atoms with Gasteiger partial charge in [0.15, 0.2) is 6.61 Å². The first-order valence-corrected chi connectivity index (χ1v) is 6.50. The molecular weight excluding hydrogens is 224 g/mol. The third kappa shape index (κ3) is 4.38. The quantitative estimate of drug-likeness (QED) is 0.804. The maximum atomic E-state index is 8.55. The highest BCUT2D eigenvalue weighted by Gasteiger charge is 2.10. The molecule has 1 aromatic rings. The zero-order valence-corrected chi connectivity index (χ0v) is 11.4. The molecule has 1 rings (SSSR count). The van der Waals surface area contributed by atoms with E-state index in [0.717, 1.165) is 17.9 Å². The number of ether oxygens (including phenoxy) is 1. The number of benzene rings is 1. The number of nitrogens with one attached hydrogen (secondary N) is 1. The largest absolute Gasteiger partial charge is 0.478 e. The van der Waals surface area contributed by atoms with E-state index >= 15 is 0 Å². The second kappa shape index (κ2) is 7.73. The molecule has 18 heavy (non-hydrogen) atoms. The third-order valence-corrected chi connectivity index (χ3v) is 3.38. The van der Waals surface area contributed by atoms with E-state index in [4.69, 9.17) is 10.00 Å². The van der Waals surface area contributed by atoms with Gasteiger partial charge >= 0.3 is 0 Å². The van der Waals surface area contributed by atoms with Crippen LogP contribution in [0.4, 0.5) is 0 Å². The normalized spacial score (nSPS) is 13.7. The summed E-state index contributed by atoms with van der Waals surface area (Å²) in [7, 11) is 0. The van der Waals surface area contributed by atoms with Crippen LogP contribution in [0.3, 0.4) is 0 Å². The Morgan fingerprint density at radius 1 is 1.33 bits per heavy atom. The summed E-state index contributed by atoms with van der Waals surface area (Å²) < 4.78 is 5.40. The summed E-state index contributed by atoms with van der Waals surface area (Å²) in [5.74, 6) is 1.44. The van der Waals surface area contributed by atoms with Gasteiger partial charge in [-0.3, -0.25) is 0 Å². The Morgan fingerprint density at radius 3 is 2.72 bits per heavy atom. The number of rotatable bonds is 7. The molecule has 0 saturated heterocycles. The topological polar surface area (TPSA) is 45.0 Å². The van der Waals surface area contributed by atoms with Crippen molar-refractivity contribution in [2.24, 2.45) is 5.92 Å². The zero-order chi connectivity index (χ0) is 13.4. The van der Waals surface area contributed by atoms with Gasteiger partial charge in [0.05, 0.1) is 0 Å². The fourth-order valence-electron chi connectivity index (χ4n) is 1.73. The van der Waals surface area contributed by atoms with Crippen LogP contribution in [0.2, 0.25) is 0 Å². The molecule has 0 aromatic heterocycles. The van der Waals surface area contributed by atoms with E-state index in [1.165, 1.54) is 6.42 Å². The van der Waals surface area contributed by atoms with E-state index in [9.17, 15) is 0 Å². The van der Waals surface area contributed by atoms with Crippen molar-refractivity contribution in [1.29, 1.82) is 5.26 Å². The average molecular weight is 246 g/mol. The van der Waals surface area contributed by atoms with Crippen LogP contribution in [-0.4, -0.2) is 12.6 Å². The van der Waals surface area contributed by atoms with Gasteiger partial charge in [0, 0.05) is 18.2 Å². The first-order chi connectivity index (χ1) is 8.69. The standard InChI is InChI=1S/C15H22N2O/c1-4-12(2)13(3)17-11-14-7-5-6-8-15(14)18-10-9-16/h5-8,12-13,17H,4,10-11H2,1-3H3. The molecule has 0 aliphatic rings. The molecule has 0 aliphatic carbocycles. The van der Waals surface area contributed by atoms with Crippen LogP contribution < -0.4 is 10.1 Å². The molecule has 3 nitrogen and oxygen atoms in total. The predicted octanol–water partition coefficient (Wildman–Crippen LogP) is 3.11. The van der Waals surface area contributed by atoms with E-state index in [0.29, 0.717) is 12.0 Å². The van der Waals surface area contributed by atoms with Crippen LogP contribution in [0, 0.1) is 17.2 Å². The Morgan fingerprint density at radius 2 is 2.06 bits per heavy atom. The second-order valence-electron chi connectivity index (χ2n) is 4.61. The highest BCUT2D eigenvalue weighted by atomic mass is 16.5. The maximum absolute atomic E-state index is 8.55. The molecule has 0 fully saturated rings. The minimum absolute atomic E-state index is 0.0952. The number of nitrogens with zero attached hydrogens (tertiary/aromatic N) is 1. The van der Waals surface area contributed by atoms with Crippen molar-refractivity contribution in [1.82, 2.24) is 5.32 Å². The Bertz CT molecular complexity index is 398. The van der Waals surface area contributed by atoms with Gasteiger partial charge < -0.3 is 10.1 Å². The molecule has 0 heterocycles. The van der Waals surface area contributed by atoms with Gasteiger partial charge in [-0.15, -0.1) is 0 Å². The van der Waals surface area contributed by atoms with Crippen molar-refractivity contribution in [3.8, 4) is 11.8 Å².